The van der Waals surface area contributed by atoms with Crippen LogP contribution in [0.1, 0.15) is 54.0 Å². The van der Waals surface area contributed by atoms with E-state index >= 15 is 0 Å². The normalized spacial score (nSPS) is 13.5. The Morgan fingerprint density at radius 1 is 1.05 bits per heavy atom. The number of methoxy groups -OCH3 is 1. The Labute approximate surface area is 224 Å². The average molecular weight is 537 g/mol. The number of amides is 1. The highest BCUT2D eigenvalue weighted by Crippen LogP contribution is 2.21. The first-order chi connectivity index (χ1) is 17.7. The van der Waals surface area contributed by atoms with Crippen molar-refractivity contribution in [2.45, 2.75) is 66.1 Å². The smallest absolute Gasteiger partial charge is 0.481 e. The second-order valence-electron chi connectivity index (χ2n) is 11.2. The number of rotatable bonds is 11. The molecule has 0 radical (unpaired) electrons. The molecule has 0 bridgehead atoms. The van der Waals surface area contributed by atoms with Gasteiger partial charge in [0.15, 0.2) is 0 Å². The molecule has 11 heteroatoms. The summed E-state index contributed by atoms with van der Waals surface area (Å²) in [6.45, 7) is 13.8. The van der Waals surface area contributed by atoms with E-state index in [2.05, 4.69) is 20.6 Å². The molecule has 2 aromatic heterocycles. The molecular weight excluding hydrogens is 495 g/mol. The number of carbonyl (C=O) groups excluding carboxylic acids is 2. The Balaban J connectivity index is 2.02. The summed E-state index contributed by atoms with van der Waals surface area (Å²) < 4.78 is 35.7. The molecule has 1 amide bonds. The van der Waals surface area contributed by atoms with Gasteiger partial charge in [-0.05, 0) is 66.5 Å². The summed E-state index contributed by atoms with van der Waals surface area (Å²) in [7, 11) is 1.50. The van der Waals surface area contributed by atoms with E-state index in [1.807, 2.05) is 6.92 Å². The zero-order chi connectivity index (χ0) is 28.5. The van der Waals surface area contributed by atoms with Crippen molar-refractivity contribution in [3.8, 4) is 5.88 Å². The number of hydrogen-bond donors (Lipinski definition) is 2. The van der Waals surface area contributed by atoms with Gasteiger partial charge in [0.2, 0.25) is 5.88 Å². The van der Waals surface area contributed by atoms with Crippen LogP contribution in [0.2, 0.25) is 0 Å². The van der Waals surface area contributed by atoms with Crippen molar-refractivity contribution in [1.29, 1.82) is 0 Å². The molecule has 0 saturated carbocycles. The number of nitrogens with zero attached hydrogens (tertiary/aromatic N) is 2. The molecule has 2 rings (SSSR count). The summed E-state index contributed by atoms with van der Waals surface area (Å²) in [5.74, 6) is -0.318. The van der Waals surface area contributed by atoms with Gasteiger partial charge in [0.1, 0.15) is 17.0 Å². The highest BCUT2D eigenvalue weighted by Gasteiger charge is 2.24. The third-order valence-electron chi connectivity index (χ3n) is 5.48. The molecular formula is C27H41FN4O6. The maximum Gasteiger partial charge on any atom is 0.508 e. The van der Waals surface area contributed by atoms with E-state index in [1.54, 1.807) is 53.7 Å². The van der Waals surface area contributed by atoms with Crippen LogP contribution in [0.5, 0.6) is 5.88 Å². The predicted octanol–water partition coefficient (Wildman–Crippen LogP) is 4.64. The molecule has 2 N–H and O–H groups in total. The zero-order valence-corrected chi connectivity index (χ0v) is 23.6. The molecule has 2 aromatic rings. The van der Waals surface area contributed by atoms with Crippen LogP contribution in [0, 0.1) is 17.7 Å². The van der Waals surface area contributed by atoms with Gasteiger partial charge in [0.25, 0.3) is 0 Å². The molecule has 2 heterocycles. The Bertz CT molecular complexity index is 1080. The summed E-state index contributed by atoms with van der Waals surface area (Å²) in [5.41, 5.74) is 0.170. The number of fused-ring (bicyclic) bond motifs is 1. The average Bonchev–Trinajstić information content (AvgIpc) is 2.80. The number of hydrogen-bond acceptors (Lipinski definition) is 9. The minimum Gasteiger partial charge on any atom is -0.481 e. The van der Waals surface area contributed by atoms with E-state index in [0.29, 0.717) is 48.5 Å². The number of nitrogens with one attached hydrogen (secondary N) is 2. The van der Waals surface area contributed by atoms with Crippen LogP contribution in [0.3, 0.4) is 0 Å². The zero-order valence-electron chi connectivity index (χ0n) is 23.6. The summed E-state index contributed by atoms with van der Waals surface area (Å²) in [6.07, 6.45) is 0.260. The van der Waals surface area contributed by atoms with Gasteiger partial charge in [0.05, 0.1) is 30.9 Å². The minimum absolute atomic E-state index is 0.0738. The third kappa shape index (κ3) is 10.6. The largest absolute Gasteiger partial charge is 0.508 e. The van der Waals surface area contributed by atoms with Gasteiger partial charge in [-0.2, -0.15) is 0 Å². The summed E-state index contributed by atoms with van der Waals surface area (Å²) >= 11 is 0. The monoisotopic (exact) mass is 536 g/mol. The first-order valence-electron chi connectivity index (χ1n) is 12.7. The molecule has 38 heavy (non-hydrogen) atoms. The lowest BCUT2D eigenvalue weighted by Crippen LogP contribution is -2.40. The Morgan fingerprint density at radius 3 is 2.37 bits per heavy atom. The molecule has 212 valence electrons. The van der Waals surface area contributed by atoms with Crippen LogP contribution >= 0.6 is 0 Å². The highest BCUT2D eigenvalue weighted by molar-refractivity contribution is 5.78. The molecule has 0 aliphatic rings. The van der Waals surface area contributed by atoms with Gasteiger partial charge in [-0.3, -0.25) is 4.98 Å². The van der Waals surface area contributed by atoms with Gasteiger partial charge in [-0.1, -0.05) is 6.92 Å². The molecule has 0 aromatic carbocycles. The molecule has 0 fully saturated rings. The molecule has 2 unspecified atom stereocenters. The quantitative estimate of drug-likeness (QED) is 0.312. The topological polar surface area (TPSA) is 121 Å². The predicted molar refractivity (Wildman–Crippen MR) is 142 cm³/mol. The second-order valence-corrected chi connectivity index (χ2v) is 11.2. The van der Waals surface area contributed by atoms with Gasteiger partial charge >= 0.3 is 12.2 Å². The lowest BCUT2D eigenvalue weighted by molar-refractivity contribution is -0.0164. The fourth-order valence-electron chi connectivity index (χ4n) is 3.53. The fraction of sp³-hybridized carbons (Fsp3) is 0.630. The number of halogens is 1. The van der Waals surface area contributed by atoms with Crippen LogP contribution < -0.4 is 15.4 Å². The van der Waals surface area contributed by atoms with E-state index < -0.39 is 29.3 Å². The lowest BCUT2D eigenvalue weighted by atomic mass is 9.94. The molecule has 0 aliphatic carbocycles. The molecule has 0 aliphatic heterocycles. The first-order valence-corrected chi connectivity index (χ1v) is 12.7. The van der Waals surface area contributed by atoms with Gasteiger partial charge in [-0.25, -0.2) is 19.0 Å². The van der Waals surface area contributed by atoms with E-state index in [-0.39, 0.29) is 18.4 Å². The standard InChI is InChI=1S/C27H41FN4O6/c1-17(13-31-24(33)37-26(2,3)4)18(16-36-25(34)38-27(5,6)7)14-29-12-11-19-20(28)15-30-21-9-10-22(35-8)32-23(19)21/h9-10,15,17-18,29H,11-14,16H2,1-8H3,(H,31,33). The van der Waals surface area contributed by atoms with Crippen LogP contribution in [0.15, 0.2) is 18.3 Å². The van der Waals surface area contributed by atoms with Crippen molar-refractivity contribution in [2.75, 3.05) is 33.4 Å². The number of pyridine rings is 2. The maximum atomic E-state index is 14.6. The van der Waals surface area contributed by atoms with Crippen molar-refractivity contribution in [3.05, 3.63) is 29.7 Å². The number of aromatic nitrogens is 2. The van der Waals surface area contributed by atoms with Crippen molar-refractivity contribution in [3.63, 3.8) is 0 Å². The summed E-state index contributed by atoms with van der Waals surface area (Å²) in [6, 6.07) is 3.41. The number of carbonyl (C=O) groups is 2. The Kier molecular flexibility index (Phi) is 11.1. The van der Waals surface area contributed by atoms with E-state index in [9.17, 15) is 14.0 Å². The van der Waals surface area contributed by atoms with Crippen LogP contribution in [0.4, 0.5) is 14.0 Å². The fourth-order valence-corrected chi connectivity index (χ4v) is 3.53. The van der Waals surface area contributed by atoms with Gasteiger partial charge < -0.3 is 29.6 Å². The summed E-state index contributed by atoms with van der Waals surface area (Å²) in [4.78, 5) is 32.7. The van der Waals surface area contributed by atoms with Crippen LogP contribution in [0.25, 0.3) is 11.0 Å². The van der Waals surface area contributed by atoms with Gasteiger partial charge in [0, 0.05) is 30.6 Å². The molecule has 10 nitrogen and oxygen atoms in total. The number of alkyl carbamates (subject to hydrolysis) is 1. The maximum absolute atomic E-state index is 14.6. The highest BCUT2D eigenvalue weighted by atomic mass is 19.1. The van der Waals surface area contributed by atoms with E-state index in [0.717, 1.165) is 0 Å². The van der Waals surface area contributed by atoms with E-state index in [4.69, 9.17) is 18.9 Å². The van der Waals surface area contributed by atoms with Crippen molar-refractivity contribution >= 4 is 23.3 Å². The van der Waals surface area contributed by atoms with E-state index in [1.165, 1.54) is 13.3 Å². The molecule has 0 saturated heterocycles. The van der Waals surface area contributed by atoms with Gasteiger partial charge in [-0.15, -0.1) is 0 Å². The van der Waals surface area contributed by atoms with Crippen LogP contribution in [-0.2, 0) is 20.6 Å². The molecule has 2 atom stereocenters. The third-order valence-corrected chi connectivity index (χ3v) is 5.48. The first kappa shape index (κ1) is 31.0. The van der Waals surface area contributed by atoms with Crippen LogP contribution in [-0.4, -0.2) is 66.8 Å². The van der Waals surface area contributed by atoms with Crippen molar-refractivity contribution in [1.82, 2.24) is 20.6 Å². The lowest BCUT2D eigenvalue weighted by Gasteiger charge is -2.26. The van der Waals surface area contributed by atoms with Crippen molar-refractivity contribution < 1.29 is 32.9 Å². The Hall–Kier alpha value is -3.21. The Morgan fingerprint density at radius 2 is 1.74 bits per heavy atom. The number of ether oxygens (including phenoxy) is 4. The second kappa shape index (κ2) is 13.5. The molecule has 0 spiro atoms. The summed E-state index contributed by atoms with van der Waals surface area (Å²) in [5, 5.41) is 6.07. The minimum atomic E-state index is -0.764. The van der Waals surface area contributed by atoms with Crippen molar-refractivity contribution in [2.24, 2.45) is 11.8 Å². The SMILES string of the molecule is COc1ccc2ncc(F)c(CCNCC(COC(=O)OC(C)(C)C)C(C)CNC(=O)OC(C)(C)C)c2n1.